The van der Waals surface area contributed by atoms with Crippen molar-refractivity contribution in [3.05, 3.63) is 77.0 Å². The SMILES string of the molecule is COC(=O)C1=C(C)NC(=S)NC1c1cccc(OC(=O)c2ccccc2)c1. The zero-order chi connectivity index (χ0) is 19.4. The Morgan fingerprint density at radius 3 is 2.48 bits per heavy atom. The lowest BCUT2D eigenvalue weighted by Gasteiger charge is -2.29. The van der Waals surface area contributed by atoms with Crippen LogP contribution in [-0.2, 0) is 9.53 Å². The number of allylic oxidation sites excluding steroid dienone is 1. The molecule has 0 saturated heterocycles. The van der Waals surface area contributed by atoms with Crippen LogP contribution in [0.4, 0.5) is 0 Å². The van der Waals surface area contributed by atoms with E-state index in [0.717, 1.165) is 5.56 Å². The second kappa shape index (κ2) is 8.01. The Balaban J connectivity index is 1.90. The third-order valence-corrected chi connectivity index (χ3v) is 4.31. The average Bonchev–Trinajstić information content (AvgIpc) is 2.67. The van der Waals surface area contributed by atoms with Crippen molar-refractivity contribution in [2.75, 3.05) is 7.11 Å². The Morgan fingerprint density at radius 1 is 1.04 bits per heavy atom. The van der Waals surface area contributed by atoms with Crippen molar-refractivity contribution in [3.63, 3.8) is 0 Å². The first-order valence-corrected chi connectivity index (χ1v) is 8.64. The van der Waals surface area contributed by atoms with Crippen molar-refractivity contribution < 1.29 is 19.1 Å². The number of hydrogen-bond donors (Lipinski definition) is 2. The van der Waals surface area contributed by atoms with Crippen molar-refractivity contribution in [2.24, 2.45) is 0 Å². The van der Waals surface area contributed by atoms with E-state index in [4.69, 9.17) is 21.7 Å². The van der Waals surface area contributed by atoms with E-state index >= 15 is 0 Å². The number of methoxy groups -OCH3 is 1. The van der Waals surface area contributed by atoms with Gasteiger partial charge in [0.2, 0.25) is 0 Å². The molecule has 3 rings (SSSR count). The molecule has 2 aromatic carbocycles. The third-order valence-electron chi connectivity index (χ3n) is 4.09. The summed E-state index contributed by atoms with van der Waals surface area (Å²) in [5.41, 5.74) is 2.20. The van der Waals surface area contributed by atoms with E-state index in [1.807, 2.05) is 12.1 Å². The van der Waals surface area contributed by atoms with E-state index in [9.17, 15) is 9.59 Å². The van der Waals surface area contributed by atoms with Gasteiger partial charge in [-0.1, -0.05) is 30.3 Å². The van der Waals surface area contributed by atoms with Crippen LogP contribution in [0.2, 0.25) is 0 Å². The fourth-order valence-electron chi connectivity index (χ4n) is 2.82. The van der Waals surface area contributed by atoms with Gasteiger partial charge in [0.15, 0.2) is 5.11 Å². The van der Waals surface area contributed by atoms with Gasteiger partial charge in [-0.3, -0.25) is 0 Å². The van der Waals surface area contributed by atoms with Gasteiger partial charge in [0.05, 0.1) is 24.3 Å². The Labute approximate surface area is 162 Å². The molecule has 0 amide bonds. The monoisotopic (exact) mass is 382 g/mol. The van der Waals surface area contributed by atoms with Gasteiger partial charge in [0.25, 0.3) is 0 Å². The molecule has 0 radical (unpaired) electrons. The molecule has 7 heteroatoms. The van der Waals surface area contributed by atoms with Gasteiger partial charge < -0.3 is 20.1 Å². The van der Waals surface area contributed by atoms with Gasteiger partial charge in [0.1, 0.15) is 5.75 Å². The highest BCUT2D eigenvalue weighted by Crippen LogP contribution is 2.29. The summed E-state index contributed by atoms with van der Waals surface area (Å²) >= 11 is 5.21. The Kier molecular flexibility index (Phi) is 5.52. The molecule has 1 unspecified atom stereocenters. The number of thiocarbonyl (C=S) groups is 1. The standard InChI is InChI=1S/C20H18N2O4S/c1-12-16(19(24)25-2)17(22-20(27)21-12)14-9-6-10-15(11-14)26-18(23)13-7-4-3-5-8-13/h3-11,17H,1-2H3,(H2,21,22,27). The second-order valence-corrected chi connectivity index (χ2v) is 6.30. The highest BCUT2D eigenvalue weighted by atomic mass is 32.1. The highest BCUT2D eigenvalue weighted by Gasteiger charge is 2.30. The van der Waals surface area contributed by atoms with Crippen molar-refractivity contribution >= 4 is 29.3 Å². The number of nitrogens with one attached hydrogen (secondary N) is 2. The molecule has 1 heterocycles. The summed E-state index contributed by atoms with van der Waals surface area (Å²) in [6.07, 6.45) is 0. The van der Waals surface area contributed by atoms with Crippen LogP contribution in [-0.4, -0.2) is 24.2 Å². The number of carbonyl (C=O) groups excluding carboxylic acids is 2. The van der Waals surface area contributed by atoms with Crippen molar-refractivity contribution in [3.8, 4) is 5.75 Å². The van der Waals surface area contributed by atoms with Crippen LogP contribution in [0.5, 0.6) is 5.75 Å². The molecule has 0 aromatic heterocycles. The minimum Gasteiger partial charge on any atom is -0.466 e. The number of benzene rings is 2. The summed E-state index contributed by atoms with van der Waals surface area (Å²) in [5.74, 6) is -0.553. The summed E-state index contributed by atoms with van der Waals surface area (Å²) in [5, 5.41) is 6.39. The second-order valence-electron chi connectivity index (χ2n) is 5.89. The van der Waals surface area contributed by atoms with Gasteiger partial charge in [-0.25, -0.2) is 9.59 Å². The molecule has 6 nitrogen and oxygen atoms in total. The molecule has 27 heavy (non-hydrogen) atoms. The molecular weight excluding hydrogens is 364 g/mol. The van der Waals surface area contributed by atoms with Crippen LogP contribution < -0.4 is 15.4 Å². The van der Waals surface area contributed by atoms with E-state index in [0.29, 0.717) is 27.7 Å². The predicted molar refractivity (Wildman–Crippen MR) is 104 cm³/mol. The minimum atomic E-state index is -0.512. The number of rotatable bonds is 4. The lowest BCUT2D eigenvalue weighted by molar-refractivity contribution is -0.136. The number of esters is 2. The van der Waals surface area contributed by atoms with E-state index in [-0.39, 0.29) is 0 Å². The molecule has 1 aliphatic rings. The third kappa shape index (κ3) is 4.15. The van der Waals surface area contributed by atoms with Gasteiger partial charge in [-0.15, -0.1) is 0 Å². The zero-order valence-electron chi connectivity index (χ0n) is 14.8. The zero-order valence-corrected chi connectivity index (χ0v) is 15.6. The number of hydrogen-bond acceptors (Lipinski definition) is 5. The lowest BCUT2D eigenvalue weighted by Crippen LogP contribution is -2.45. The maximum Gasteiger partial charge on any atom is 0.343 e. The topological polar surface area (TPSA) is 76.7 Å². The number of carbonyl (C=O) groups is 2. The van der Waals surface area contributed by atoms with Crippen LogP contribution in [0.25, 0.3) is 0 Å². The quantitative estimate of drug-likeness (QED) is 0.478. The molecule has 0 aliphatic carbocycles. The van der Waals surface area contributed by atoms with Crippen LogP contribution in [0.3, 0.4) is 0 Å². The molecule has 0 fully saturated rings. The molecule has 0 saturated carbocycles. The van der Waals surface area contributed by atoms with Gasteiger partial charge >= 0.3 is 11.9 Å². The van der Waals surface area contributed by atoms with E-state index < -0.39 is 18.0 Å². The molecule has 0 spiro atoms. The highest BCUT2D eigenvalue weighted by molar-refractivity contribution is 7.80. The number of ether oxygens (including phenoxy) is 2. The van der Waals surface area contributed by atoms with E-state index in [2.05, 4.69) is 10.6 Å². The van der Waals surface area contributed by atoms with E-state index in [1.165, 1.54) is 7.11 Å². The average molecular weight is 382 g/mol. The Bertz CT molecular complexity index is 925. The van der Waals surface area contributed by atoms with Crippen LogP contribution >= 0.6 is 12.2 Å². The summed E-state index contributed by atoms with van der Waals surface area (Å²) in [6.45, 7) is 1.76. The van der Waals surface area contributed by atoms with Gasteiger partial charge in [0, 0.05) is 5.70 Å². The first-order valence-electron chi connectivity index (χ1n) is 8.23. The van der Waals surface area contributed by atoms with Gasteiger partial charge in [-0.2, -0.15) is 0 Å². The fraction of sp³-hybridized carbons (Fsp3) is 0.150. The van der Waals surface area contributed by atoms with Crippen LogP contribution in [0, 0.1) is 0 Å². The molecule has 1 aliphatic heterocycles. The minimum absolute atomic E-state index is 0.370. The fourth-order valence-corrected chi connectivity index (χ4v) is 3.09. The largest absolute Gasteiger partial charge is 0.466 e. The van der Waals surface area contributed by atoms with Crippen molar-refractivity contribution in [1.29, 1.82) is 0 Å². The van der Waals surface area contributed by atoms with Gasteiger partial charge in [-0.05, 0) is 49.0 Å². The molecule has 0 bridgehead atoms. The first kappa shape index (κ1) is 18.6. The Morgan fingerprint density at radius 2 is 1.78 bits per heavy atom. The summed E-state index contributed by atoms with van der Waals surface area (Å²) in [7, 11) is 1.32. The lowest BCUT2D eigenvalue weighted by atomic mass is 9.95. The van der Waals surface area contributed by atoms with Crippen molar-refractivity contribution in [2.45, 2.75) is 13.0 Å². The molecule has 2 N–H and O–H groups in total. The molecule has 1 atom stereocenters. The maximum atomic E-state index is 12.3. The Hall–Kier alpha value is -3.19. The molecular formula is C20H18N2O4S. The van der Waals surface area contributed by atoms with Crippen LogP contribution in [0.15, 0.2) is 65.9 Å². The first-order chi connectivity index (χ1) is 13.0. The normalized spacial score (nSPS) is 16.2. The summed E-state index contributed by atoms with van der Waals surface area (Å²) in [6, 6.07) is 15.2. The molecule has 138 valence electrons. The maximum absolute atomic E-state index is 12.3. The summed E-state index contributed by atoms with van der Waals surface area (Å²) < 4.78 is 10.4. The smallest absolute Gasteiger partial charge is 0.343 e. The molecule has 2 aromatic rings. The predicted octanol–water partition coefficient (Wildman–Crippen LogP) is 2.87. The van der Waals surface area contributed by atoms with Crippen LogP contribution in [0.1, 0.15) is 28.9 Å². The van der Waals surface area contributed by atoms with Crippen molar-refractivity contribution in [1.82, 2.24) is 10.6 Å². The van der Waals surface area contributed by atoms with E-state index in [1.54, 1.807) is 49.4 Å². The summed E-state index contributed by atoms with van der Waals surface area (Å²) in [4.78, 5) is 24.5.